The zero-order valence-corrected chi connectivity index (χ0v) is 21.8. The normalized spacial score (nSPS) is 26.1. The van der Waals surface area contributed by atoms with Crippen molar-refractivity contribution >= 4 is 5.97 Å². The number of hydrogen-bond donors (Lipinski definition) is 3. The van der Waals surface area contributed by atoms with Crippen LogP contribution in [0.5, 0.6) is 0 Å². The van der Waals surface area contributed by atoms with Crippen molar-refractivity contribution in [2.75, 3.05) is 0 Å². The Kier molecular flexibility index (Phi) is 13.1. The number of hydrogen-bond acceptors (Lipinski definition) is 3. The number of aliphatic hydroxyl groups is 2. The molecule has 0 fully saturated rings. The van der Waals surface area contributed by atoms with Gasteiger partial charge in [-0.1, -0.05) is 78.4 Å². The van der Waals surface area contributed by atoms with Crippen molar-refractivity contribution in [1.29, 1.82) is 0 Å². The minimum absolute atomic E-state index is 0.265. The molecule has 0 saturated heterocycles. The van der Waals surface area contributed by atoms with Crippen LogP contribution in [0.3, 0.4) is 0 Å². The molecule has 0 amide bonds. The van der Waals surface area contributed by atoms with Crippen LogP contribution in [-0.2, 0) is 4.79 Å². The maximum Gasteiger partial charge on any atom is 0.306 e. The molecule has 0 aliphatic heterocycles. The first kappa shape index (κ1) is 29.2. The number of allylic oxidation sites excluding steroid dienone is 1. The lowest BCUT2D eigenvalue weighted by Gasteiger charge is -2.30. The van der Waals surface area contributed by atoms with Crippen LogP contribution in [0.1, 0.15) is 119 Å². The summed E-state index contributed by atoms with van der Waals surface area (Å²) in [5.74, 6) is 1.29. The SMILES string of the molecule is CC(CCCC(C)CCC1=CC(O)C(C)C(C)C1)CCCC(C)(O)CCCC(C)C(=O)O. The fourth-order valence-corrected chi connectivity index (χ4v) is 4.99. The summed E-state index contributed by atoms with van der Waals surface area (Å²) in [6, 6.07) is 0. The van der Waals surface area contributed by atoms with E-state index in [0.29, 0.717) is 30.6 Å². The highest BCUT2D eigenvalue weighted by Gasteiger charge is 2.25. The van der Waals surface area contributed by atoms with E-state index in [2.05, 4.69) is 33.8 Å². The van der Waals surface area contributed by atoms with E-state index in [-0.39, 0.29) is 12.0 Å². The van der Waals surface area contributed by atoms with Gasteiger partial charge in [0.05, 0.1) is 17.6 Å². The Morgan fingerprint density at radius 1 is 1.00 bits per heavy atom. The third-order valence-corrected chi connectivity index (χ3v) is 7.97. The first-order chi connectivity index (χ1) is 14.9. The molecule has 32 heavy (non-hydrogen) atoms. The third-order valence-electron chi connectivity index (χ3n) is 7.97. The fraction of sp³-hybridized carbons (Fsp3) is 0.893. The molecule has 1 aliphatic rings. The Morgan fingerprint density at radius 2 is 1.53 bits per heavy atom. The highest BCUT2D eigenvalue weighted by molar-refractivity contribution is 5.69. The van der Waals surface area contributed by atoms with E-state index in [1.165, 1.54) is 31.3 Å². The topological polar surface area (TPSA) is 77.8 Å². The largest absolute Gasteiger partial charge is 0.481 e. The molecule has 188 valence electrons. The maximum atomic E-state index is 10.9. The van der Waals surface area contributed by atoms with Crippen molar-refractivity contribution in [3.8, 4) is 0 Å². The monoisotopic (exact) mass is 452 g/mol. The summed E-state index contributed by atoms with van der Waals surface area (Å²) in [5.41, 5.74) is 0.774. The van der Waals surface area contributed by atoms with Gasteiger partial charge in [0.1, 0.15) is 0 Å². The number of rotatable bonds is 16. The molecule has 1 aliphatic carbocycles. The lowest BCUT2D eigenvalue weighted by atomic mass is 9.78. The molecule has 0 aromatic carbocycles. The van der Waals surface area contributed by atoms with Crippen molar-refractivity contribution < 1.29 is 20.1 Å². The average Bonchev–Trinajstić information content (AvgIpc) is 2.69. The summed E-state index contributed by atoms with van der Waals surface area (Å²) in [4.78, 5) is 10.9. The molecule has 4 heteroatoms. The van der Waals surface area contributed by atoms with Crippen LogP contribution in [0.15, 0.2) is 11.6 Å². The van der Waals surface area contributed by atoms with Gasteiger partial charge in [-0.05, 0) is 75.5 Å². The number of aliphatic carboxylic acids is 1. The Hall–Kier alpha value is -0.870. The third kappa shape index (κ3) is 11.8. The molecule has 1 rings (SSSR count). The zero-order valence-electron chi connectivity index (χ0n) is 21.8. The molecule has 0 spiro atoms. The van der Waals surface area contributed by atoms with Crippen LogP contribution in [-0.4, -0.2) is 33.0 Å². The van der Waals surface area contributed by atoms with Gasteiger partial charge in [-0.15, -0.1) is 0 Å². The lowest BCUT2D eigenvalue weighted by Crippen LogP contribution is -2.27. The van der Waals surface area contributed by atoms with Gasteiger partial charge < -0.3 is 15.3 Å². The van der Waals surface area contributed by atoms with Gasteiger partial charge in [-0.2, -0.15) is 0 Å². The van der Waals surface area contributed by atoms with Crippen molar-refractivity contribution in [1.82, 2.24) is 0 Å². The second kappa shape index (κ2) is 14.4. The van der Waals surface area contributed by atoms with Gasteiger partial charge in [0.25, 0.3) is 0 Å². The summed E-state index contributed by atoms with van der Waals surface area (Å²) in [6.45, 7) is 12.7. The smallest absolute Gasteiger partial charge is 0.306 e. The molecule has 7 unspecified atom stereocenters. The molecule has 4 nitrogen and oxygen atoms in total. The maximum absolute atomic E-state index is 10.9. The van der Waals surface area contributed by atoms with E-state index in [4.69, 9.17) is 5.11 Å². The molecule has 7 atom stereocenters. The van der Waals surface area contributed by atoms with Gasteiger partial charge in [0.2, 0.25) is 0 Å². The molecule has 0 saturated carbocycles. The Bertz CT molecular complexity index is 568. The number of aliphatic hydroxyl groups excluding tert-OH is 1. The number of carbonyl (C=O) groups is 1. The predicted molar refractivity (Wildman–Crippen MR) is 134 cm³/mol. The molecule has 0 aromatic rings. The minimum Gasteiger partial charge on any atom is -0.481 e. The van der Waals surface area contributed by atoms with E-state index in [9.17, 15) is 15.0 Å². The summed E-state index contributed by atoms with van der Waals surface area (Å²) in [6.07, 6.45) is 14.2. The Morgan fingerprint density at radius 3 is 2.09 bits per heavy atom. The molecule has 3 N–H and O–H groups in total. The van der Waals surface area contributed by atoms with E-state index in [1.807, 2.05) is 6.92 Å². The van der Waals surface area contributed by atoms with Crippen LogP contribution >= 0.6 is 0 Å². The van der Waals surface area contributed by atoms with Gasteiger partial charge in [-0.25, -0.2) is 0 Å². The second-order valence-corrected chi connectivity index (χ2v) is 11.6. The first-order valence-corrected chi connectivity index (χ1v) is 13.2. The van der Waals surface area contributed by atoms with Gasteiger partial charge in [0.15, 0.2) is 0 Å². The molecule has 0 heterocycles. The Balaban J connectivity index is 2.14. The van der Waals surface area contributed by atoms with Crippen LogP contribution in [0, 0.1) is 29.6 Å². The van der Waals surface area contributed by atoms with E-state index >= 15 is 0 Å². The van der Waals surface area contributed by atoms with Crippen LogP contribution in [0.25, 0.3) is 0 Å². The Labute approximate surface area is 197 Å². The molecular weight excluding hydrogens is 400 g/mol. The molecule has 0 radical (unpaired) electrons. The van der Waals surface area contributed by atoms with E-state index in [1.54, 1.807) is 6.92 Å². The standard InChI is InChI=1S/C28H52O4/c1-20(12-8-16-28(6,32)17-9-13-22(3)27(30)31)10-7-11-21(2)14-15-25-18-23(4)24(5)26(29)19-25/h19-24,26,29,32H,7-18H2,1-6H3,(H,30,31). The van der Waals surface area contributed by atoms with Gasteiger partial charge in [0, 0.05) is 0 Å². The fourth-order valence-electron chi connectivity index (χ4n) is 4.99. The molecular formula is C28H52O4. The quantitative estimate of drug-likeness (QED) is 0.221. The van der Waals surface area contributed by atoms with Gasteiger partial charge >= 0.3 is 5.97 Å². The van der Waals surface area contributed by atoms with Crippen LogP contribution < -0.4 is 0 Å². The van der Waals surface area contributed by atoms with Crippen molar-refractivity contribution in [3.63, 3.8) is 0 Å². The van der Waals surface area contributed by atoms with Gasteiger partial charge in [-0.3, -0.25) is 4.79 Å². The number of carboxylic acid groups (broad SMARTS) is 1. The van der Waals surface area contributed by atoms with Crippen molar-refractivity contribution in [2.45, 2.75) is 130 Å². The number of carboxylic acids is 1. The van der Waals surface area contributed by atoms with Crippen LogP contribution in [0.2, 0.25) is 0 Å². The zero-order chi connectivity index (χ0) is 24.3. The summed E-state index contributed by atoms with van der Waals surface area (Å²) in [5, 5.41) is 29.7. The van der Waals surface area contributed by atoms with Crippen molar-refractivity contribution in [2.24, 2.45) is 29.6 Å². The van der Waals surface area contributed by atoms with Crippen molar-refractivity contribution in [3.05, 3.63) is 11.6 Å². The van der Waals surface area contributed by atoms with Crippen LogP contribution in [0.4, 0.5) is 0 Å². The summed E-state index contributed by atoms with van der Waals surface area (Å²) < 4.78 is 0. The molecule has 0 aromatic heterocycles. The molecule has 0 bridgehead atoms. The lowest BCUT2D eigenvalue weighted by molar-refractivity contribution is -0.141. The first-order valence-electron chi connectivity index (χ1n) is 13.2. The highest BCUT2D eigenvalue weighted by atomic mass is 16.4. The van der Waals surface area contributed by atoms with E-state index in [0.717, 1.165) is 44.4 Å². The predicted octanol–water partition coefficient (Wildman–Crippen LogP) is 6.98. The summed E-state index contributed by atoms with van der Waals surface area (Å²) >= 11 is 0. The summed E-state index contributed by atoms with van der Waals surface area (Å²) in [7, 11) is 0. The second-order valence-electron chi connectivity index (χ2n) is 11.6. The van der Waals surface area contributed by atoms with E-state index < -0.39 is 11.6 Å². The average molecular weight is 453 g/mol. The minimum atomic E-state index is -0.748. The highest BCUT2D eigenvalue weighted by Crippen LogP contribution is 2.32.